The molecule has 0 aliphatic rings. The van der Waals surface area contributed by atoms with Crippen LogP contribution in [0.4, 0.5) is 4.39 Å². The predicted octanol–water partition coefficient (Wildman–Crippen LogP) is 4.19. The van der Waals surface area contributed by atoms with Gasteiger partial charge in [-0.1, -0.05) is 36.4 Å². The molecule has 3 rings (SSSR count). The maximum absolute atomic E-state index is 13.2. The number of rotatable bonds is 6. The van der Waals surface area contributed by atoms with E-state index in [9.17, 15) is 12.8 Å². The van der Waals surface area contributed by atoms with E-state index in [2.05, 4.69) is 9.71 Å². The molecule has 1 N–H and O–H groups in total. The van der Waals surface area contributed by atoms with Gasteiger partial charge in [0.15, 0.2) is 0 Å². The molecule has 26 heavy (non-hydrogen) atoms. The normalized spacial score (nSPS) is 11.7. The van der Waals surface area contributed by atoms with E-state index >= 15 is 0 Å². The smallest absolute Gasteiger partial charge is 0.216 e. The molecule has 0 aliphatic heterocycles. The van der Waals surface area contributed by atoms with Gasteiger partial charge in [-0.2, -0.15) is 0 Å². The van der Waals surface area contributed by atoms with Crippen LogP contribution in [0.1, 0.15) is 21.7 Å². The fraction of sp³-hybridized carbons (Fsp3) is 0.211. The second kappa shape index (κ2) is 7.65. The van der Waals surface area contributed by atoms with Crippen molar-refractivity contribution in [3.05, 3.63) is 76.0 Å². The van der Waals surface area contributed by atoms with Gasteiger partial charge in [-0.3, -0.25) is 0 Å². The van der Waals surface area contributed by atoms with Crippen LogP contribution in [0.15, 0.2) is 48.5 Å². The monoisotopic (exact) mass is 390 g/mol. The Morgan fingerprint density at radius 2 is 1.88 bits per heavy atom. The van der Waals surface area contributed by atoms with Crippen LogP contribution in [0.2, 0.25) is 0 Å². The van der Waals surface area contributed by atoms with Gasteiger partial charge in [0.1, 0.15) is 10.8 Å². The molecule has 0 amide bonds. The molecule has 0 spiro atoms. The van der Waals surface area contributed by atoms with E-state index in [1.54, 1.807) is 6.07 Å². The highest BCUT2D eigenvalue weighted by molar-refractivity contribution is 7.88. The lowest BCUT2D eigenvalue weighted by Crippen LogP contribution is -2.24. The molecule has 0 unspecified atom stereocenters. The van der Waals surface area contributed by atoms with Gasteiger partial charge < -0.3 is 0 Å². The van der Waals surface area contributed by atoms with E-state index in [0.717, 1.165) is 26.7 Å². The summed E-state index contributed by atoms with van der Waals surface area (Å²) in [5.41, 5.74) is 3.40. The highest BCUT2D eigenvalue weighted by atomic mass is 32.2. The van der Waals surface area contributed by atoms with Gasteiger partial charge in [0.05, 0.1) is 11.4 Å². The van der Waals surface area contributed by atoms with Crippen LogP contribution < -0.4 is 4.72 Å². The van der Waals surface area contributed by atoms with E-state index in [0.29, 0.717) is 5.56 Å². The van der Waals surface area contributed by atoms with Crippen molar-refractivity contribution in [3.8, 4) is 10.6 Å². The number of aromatic nitrogens is 1. The van der Waals surface area contributed by atoms with Gasteiger partial charge >= 0.3 is 0 Å². The lowest BCUT2D eigenvalue weighted by atomic mass is 10.1. The number of hydrogen-bond acceptors (Lipinski definition) is 4. The number of nitrogens with zero attached hydrogens (tertiary/aromatic N) is 1. The second-order valence-corrected chi connectivity index (χ2v) is 8.94. The van der Waals surface area contributed by atoms with Gasteiger partial charge in [0, 0.05) is 17.0 Å². The van der Waals surface area contributed by atoms with Crippen molar-refractivity contribution in [2.75, 3.05) is 0 Å². The Balaban J connectivity index is 1.72. The molecule has 0 radical (unpaired) electrons. The molecule has 1 aromatic heterocycles. The summed E-state index contributed by atoms with van der Waals surface area (Å²) in [6.45, 7) is 4.06. The number of aryl methyl sites for hydroxylation is 2. The first-order valence-electron chi connectivity index (χ1n) is 8.08. The zero-order valence-corrected chi connectivity index (χ0v) is 16.1. The van der Waals surface area contributed by atoms with Crippen LogP contribution >= 0.6 is 11.3 Å². The van der Waals surface area contributed by atoms with Gasteiger partial charge in [-0.15, -0.1) is 11.3 Å². The first-order chi connectivity index (χ1) is 12.3. The molecule has 0 aliphatic carbocycles. The molecule has 0 saturated carbocycles. The van der Waals surface area contributed by atoms with Crippen molar-refractivity contribution in [1.82, 2.24) is 9.71 Å². The van der Waals surface area contributed by atoms with E-state index < -0.39 is 15.8 Å². The van der Waals surface area contributed by atoms with Gasteiger partial charge in [0.25, 0.3) is 0 Å². The SMILES string of the molecule is Cc1ccccc1-c1nc(C)c(CNS(=O)(=O)Cc2cccc(F)c2)s1. The van der Waals surface area contributed by atoms with Crippen LogP contribution in [0.3, 0.4) is 0 Å². The number of nitrogens with one attached hydrogen (secondary N) is 1. The van der Waals surface area contributed by atoms with Crippen molar-refractivity contribution in [3.63, 3.8) is 0 Å². The molecule has 3 aromatic rings. The molecule has 1 heterocycles. The Labute approximate surface area is 156 Å². The lowest BCUT2D eigenvalue weighted by Gasteiger charge is -2.06. The minimum absolute atomic E-state index is 0.174. The topological polar surface area (TPSA) is 59.1 Å². The first-order valence-corrected chi connectivity index (χ1v) is 10.5. The van der Waals surface area contributed by atoms with Crippen molar-refractivity contribution in [1.29, 1.82) is 0 Å². The van der Waals surface area contributed by atoms with Gasteiger partial charge in [-0.05, 0) is 37.1 Å². The van der Waals surface area contributed by atoms with E-state index in [1.807, 2.05) is 38.1 Å². The predicted molar refractivity (Wildman–Crippen MR) is 103 cm³/mol. The Bertz CT molecular complexity index is 1030. The molecule has 7 heteroatoms. The number of hydrogen-bond donors (Lipinski definition) is 1. The lowest BCUT2D eigenvalue weighted by molar-refractivity contribution is 0.580. The summed E-state index contributed by atoms with van der Waals surface area (Å²) in [4.78, 5) is 5.44. The van der Waals surface area contributed by atoms with Crippen LogP contribution in [0.25, 0.3) is 10.6 Å². The maximum Gasteiger partial charge on any atom is 0.216 e. The number of benzene rings is 2. The number of thiazole rings is 1. The third-order valence-corrected chi connectivity index (χ3v) is 6.45. The largest absolute Gasteiger partial charge is 0.241 e. The fourth-order valence-corrected chi connectivity index (χ4v) is 4.86. The quantitative estimate of drug-likeness (QED) is 0.687. The summed E-state index contributed by atoms with van der Waals surface area (Å²) in [5, 5.41) is 0.875. The van der Waals surface area contributed by atoms with Crippen molar-refractivity contribution < 1.29 is 12.8 Å². The second-order valence-electron chi connectivity index (χ2n) is 6.05. The Kier molecular flexibility index (Phi) is 5.50. The minimum Gasteiger partial charge on any atom is -0.241 e. The summed E-state index contributed by atoms with van der Waals surface area (Å²) in [6, 6.07) is 13.6. The average Bonchev–Trinajstić information content (AvgIpc) is 2.94. The highest BCUT2D eigenvalue weighted by Gasteiger charge is 2.15. The Morgan fingerprint density at radius 3 is 2.62 bits per heavy atom. The molecule has 0 atom stereocenters. The molecular formula is C19H19FN2O2S2. The summed E-state index contributed by atoms with van der Waals surface area (Å²) in [6.07, 6.45) is 0. The summed E-state index contributed by atoms with van der Waals surface area (Å²) >= 11 is 1.48. The molecule has 2 aromatic carbocycles. The third-order valence-electron chi connectivity index (χ3n) is 3.97. The van der Waals surface area contributed by atoms with Crippen LogP contribution in [-0.2, 0) is 22.3 Å². The summed E-state index contributed by atoms with van der Waals surface area (Å²) in [7, 11) is -3.57. The number of halogens is 1. The zero-order valence-electron chi connectivity index (χ0n) is 14.5. The molecule has 0 saturated heterocycles. The molecule has 0 fully saturated rings. The fourth-order valence-electron chi connectivity index (χ4n) is 2.59. The van der Waals surface area contributed by atoms with Crippen LogP contribution in [0, 0.1) is 19.7 Å². The minimum atomic E-state index is -3.57. The van der Waals surface area contributed by atoms with Crippen molar-refractivity contribution >= 4 is 21.4 Å². The molecular weight excluding hydrogens is 371 g/mol. The average molecular weight is 391 g/mol. The molecule has 0 bridgehead atoms. The zero-order chi connectivity index (χ0) is 18.7. The van der Waals surface area contributed by atoms with Crippen molar-refractivity contribution in [2.45, 2.75) is 26.1 Å². The Hall–Kier alpha value is -2.09. The third kappa shape index (κ3) is 4.55. The number of sulfonamides is 1. The van der Waals surface area contributed by atoms with E-state index in [1.165, 1.54) is 29.5 Å². The Morgan fingerprint density at radius 1 is 1.12 bits per heavy atom. The summed E-state index contributed by atoms with van der Waals surface area (Å²) in [5.74, 6) is -0.702. The maximum atomic E-state index is 13.2. The van der Waals surface area contributed by atoms with Crippen molar-refractivity contribution in [2.24, 2.45) is 0 Å². The van der Waals surface area contributed by atoms with Crippen LogP contribution in [-0.4, -0.2) is 13.4 Å². The molecule has 4 nitrogen and oxygen atoms in total. The van der Waals surface area contributed by atoms with E-state index in [-0.39, 0.29) is 12.3 Å². The van der Waals surface area contributed by atoms with E-state index in [4.69, 9.17) is 0 Å². The highest BCUT2D eigenvalue weighted by Crippen LogP contribution is 2.30. The first kappa shape index (κ1) is 18.7. The van der Waals surface area contributed by atoms with Gasteiger partial charge in [0.2, 0.25) is 10.0 Å². The van der Waals surface area contributed by atoms with Gasteiger partial charge in [-0.25, -0.2) is 22.5 Å². The standard InChI is InChI=1S/C19H19FN2O2S2/c1-13-6-3-4-9-17(13)19-22-14(2)18(25-19)11-21-26(23,24)12-15-7-5-8-16(20)10-15/h3-10,21H,11-12H2,1-2H3. The summed E-state index contributed by atoms with van der Waals surface area (Å²) < 4.78 is 40.4. The van der Waals surface area contributed by atoms with Crippen LogP contribution in [0.5, 0.6) is 0 Å². The molecule has 136 valence electrons.